The number of rotatable bonds is 6. The van der Waals surface area contributed by atoms with E-state index in [9.17, 15) is 9.59 Å². The number of amides is 2. The maximum Gasteiger partial charge on any atom is 0.282 e. The van der Waals surface area contributed by atoms with Crippen molar-refractivity contribution in [1.82, 2.24) is 9.99 Å². The molecule has 0 radical (unpaired) electrons. The summed E-state index contributed by atoms with van der Waals surface area (Å²) in [5.74, 6) is 0.0647. The predicted octanol–water partition coefficient (Wildman–Crippen LogP) is 4.73. The summed E-state index contributed by atoms with van der Waals surface area (Å²) in [6.45, 7) is 8.13. The van der Waals surface area contributed by atoms with Crippen LogP contribution >= 0.6 is 0 Å². The Morgan fingerprint density at radius 2 is 1.69 bits per heavy atom. The molecule has 6 nitrogen and oxygen atoms in total. The van der Waals surface area contributed by atoms with Crippen molar-refractivity contribution in [3.63, 3.8) is 0 Å². The minimum atomic E-state index is -0.407. The van der Waals surface area contributed by atoms with Crippen molar-refractivity contribution >= 4 is 23.6 Å². The molecule has 0 aliphatic carbocycles. The highest BCUT2D eigenvalue weighted by atomic mass is 16.5. The molecule has 0 saturated carbocycles. The van der Waals surface area contributed by atoms with E-state index in [0.717, 1.165) is 34.8 Å². The van der Waals surface area contributed by atoms with Gasteiger partial charge in [0.25, 0.3) is 11.8 Å². The molecule has 0 unspecified atom stereocenters. The quantitative estimate of drug-likeness (QED) is 0.455. The normalized spacial score (nSPS) is 15.9. The molecule has 1 fully saturated rings. The van der Waals surface area contributed by atoms with Crippen LogP contribution in [-0.2, 0) is 9.59 Å². The van der Waals surface area contributed by atoms with Crippen LogP contribution < -0.4 is 15.2 Å². The van der Waals surface area contributed by atoms with Gasteiger partial charge < -0.3 is 9.30 Å². The minimum Gasteiger partial charge on any atom is -0.491 e. The molecule has 0 bridgehead atoms. The third-order valence-electron chi connectivity index (χ3n) is 5.68. The number of hydrazine groups is 1. The van der Waals surface area contributed by atoms with Crippen LogP contribution in [0.2, 0.25) is 0 Å². The molecular formula is C26H27N3O3. The highest BCUT2D eigenvalue weighted by Gasteiger charge is 2.34. The summed E-state index contributed by atoms with van der Waals surface area (Å²) in [5, 5.41) is 1.28. The fraction of sp³-hybridized carbons (Fsp3) is 0.231. The number of nitrogens with zero attached hydrogens (tertiary/aromatic N) is 2. The minimum absolute atomic E-state index is 0.117. The van der Waals surface area contributed by atoms with Gasteiger partial charge in [-0.05, 0) is 81.3 Å². The van der Waals surface area contributed by atoms with Crippen LogP contribution in [0.15, 0.2) is 66.2 Å². The first-order chi connectivity index (χ1) is 15.4. The van der Waals surface area contributed by atoms with Crippen LogP contribution in [-0.4, -0.2) is 22.5 Å². The summed E-state index contributed by atoms with van der Waals surface area (Å²) in [4.78, 5) is 25.4. The Morgan fingerprint density at radius 1 is 1.00 bits per heavy atom. The summed E-state index contributed by atoms with van der Waals surface area (Å²) in [6, 6.07) is 19.0. The molecule has 164 valence electrons. The van der Waals surface area contributed by atoms with E-state index in [4.69, 9.17) is 4.74 Å². The van der Waals surface area contributed by atoms with E-state index in [0.29, 0.717) is 5.69 Å². The maximum atomic E-state index is 12.9. The number of anilines is 1. The fourth-order valence-electron chi connectivity index (χ4n) is 3.79. The van der Waals surface area contributed by atoms with E-state index in [2.05, 4.69) is 16.9 Å². The van der Waals surface area contributed by atoms with Gasteiger partial charge in [-0.2, -0.15) is 0 Å². The topological polar surface area (TPSA) is 63.6 Å². The van der Waals surface area contributed by atoms with Gasteiger partial charge in [0.1, 0.15) is 11.3 Å². The van der Waals surface area contributed by atoms with Crippen molar-refractivity contribution in [3.05, 3.63) is 83.2 Å². The van der Waals surface area contributed by atoms with E-state index in [1.165, 1.54) is 5.01 Å². The van der Waals surface area contributed by atoms with Crippen LogP contribution in [0.5, 0.6) is 5.75 Å². The van der Waals surface area contributed by atoms with Gasteiger partial charge in [-0.25, -0.2) is 5.01 Å². The van der Waals surface area contributed by atoms with Gasteiger partial charge in [-0.1, -0.05) is 25.1 Å². The number of nitrogens with one attached hydrogen (secondary N) is 1. The van der Waals surface area contributed by atoms with Crippen molar-refractivity contribution in [2.45, 2.75) is 40.2 Å². The molecule has 32 heavy (non-hydrogen) atoms. The summed E-state index contributed by atoms with van der Waals surface area (Å²) >= 11 is 0. The van der Waals surface area contributed by atoms with Gasteiger partial charge in [-0.3, -0.25) is 15.0 Å². The third kappa shape index (κ3) is 4.04. The van der Waals surface area contributed by atoms with Crippen molar-refractivity contribution in [3.8, 4) is 11.4 Å². The molecule has 2 amide bonds. The molecule has 2 aromatic carbocycles. The summed E-state index contributed by atoms with van der Waals surface area (Å²) in [5.41, 5.74) is 7.17. The van der Waals surface area contributed by atoms with Crippen LogP contribution in [0.1, 0.15) is 37.2 Å². The number of benzene rings is 2. The molecule has 1 aromatic heterocycles. The Hall–Kier alpha value is -3.80. The van der Waals surface area contributed by atoms with Crippen LogP contribution in [0.25, 0.3) is 11.8 Å². The molecule has 3 aromatic rings. The van der Waals surface area contributed by atoms with Crippen LogP contribution in [0, 0.1) is 13.8 Å². The lowest BCUT2D eigenvalue weighted by atomic mass is 10.1. The van der Waals surface area contributed by atoms with Gasteiger partial charge in [0.15, 0.2) is 0 Å². The smallest absolute Gasteiger partial charge is 0.282 e. The number of para-hydroxylation sites is 1. The highest BCUT2D eigenvalue weighted by molar-refractivity contribution is 6.31. The van der Waals surface area contributed by atoms with E-state index >= 15 is 0 Å². The predicted molar refractivity (Wildman–Crippen MR) is 126 cm³/mol. The molecule has 4 rings (SSSR count). The Balaban J connectivity index is 1.63. The first kappa shape index (κ1) is 21.4. The second kappa shape index (κ2) is 8.75. The van der Waals surface area contributed by atoms with Gasteiger partial charge in [0.05, 0.1) is 11.8 Å². The van der Waals surface area contributed by atoms with E-state index < -0.39 is 5.91 Å². The highest BCUT2D eigenvalue weighted by Crippen LogP contribution is 2.27. The molecule has 6 heteroatoms. The number of carbonyl (C=O) groups is 2. The zero-order valence-electron chi connectivity index (χ0n) is 18.8. The zero-order valence-corrected chi connectivity index (χ0v) is 18.8. The average Bonchev–Trinajstić information content (AvgIpc) is 3.24. The maximum absolute atomic E-state index is 12.9. The van der Waals surface area contributed by atoms with E-state index in [1.54, 1.807) is 18.2 Å². The third-order valence-corrected chi connectivity index (χ3v) is 5.68. The molecule has 1 aliphatic heterocycles. The van der Waals surface area contributed by atoms with Gasteiger partial charge in [0, 0.05) is 17.1 Å². The summed E-state index contributed by atoms with van der Waals surface area (Å²) in [7, 11) is 0. The fourth-order valence-corrected chi connectivity index (χ4v) is 3.79. The van der Waals surface area contributed by atoms with Gasteiger partial charge >= 0.3 is 0 Å². The van der Waals surface area contributed by atoms with Crippen molar-refractivity contribution in [2.24, 2.45) is 0 Å². The second-order valence-electron chi connectivity index (χ2n) is 7.97. The number of aromatic nitrogens is 1. The molecule has 1 saturated heterocycles. The Morgan fingerprint density at radius 3 is 2.34 bits per heavy atom. The van der Waals surface area contributed by atoms with Gasteiger partial charge in [-0.15, -0.1) is 0 Å². The lowest BCUT2D eigenvalue weighted by Crippen LogP contribution is -2.35. The van der Waals surface area contributed by atoms with Crippen molar-refractivity contribution in [1.29, 1.82) is 0 Å². The summed E-state index contributed by atoms with van der Waals surface area (Å²) < 4.78 is 7.98. The largest absolute Gasteiger partial charge is 0.491 e. The summed E-state index contributed by atoms with van der Waals surface area (Å²) in [6.07, 6.45) is 2.78. The molecule has 1 aliphatic rings. The molecular weight excluding hydrogens is 402 g/mol. The number of ether oxygens (including phenoxy) is 1. The Kier molecular flexibility index (Phi) is 5.86. The van der Waals surface area contributed by atoms with Crippen LogP contribution in [0.4, 0.5) is 5.69 Å². The molecule has 0 spiro atoms. The average molecular weight is 430 g/mol. The van der Waals surface area contributed by atoms with Crippen molar-refractivity contribution < 1.29 is 14.3 Å². The van der Waals surface area contributed by atoms with Crippen molar-refractivity contribution in [2.75, 3.05) is 5.01 Å². The zero-order chi connectivity index (χ0) is 22.8. The first-order valence-electron chi connectivity index (χ1n) is 10.8. The first-order valence-corrected chi connectivity index (χ1v) is 10.8. The molecule has 2 heterocycles. The Labute approximate surface area is 188 Å². The van der Waals surface area contributed by atoms with Crippen LogP contribution in [0.3, 0.4) is 0 Å². The number of carbonyl (C=O) groups excluding carboxylic acids is 2. The van der Waals surface area contributed by atoms with E-state index in [1.807, 2.05) is 69.3 Å². The van der Waals surface area contributed by atoms with E-state index in [-0.39, 0.29) is 17.6 Å². The van der Waals surface area contributed by atoms with Gasteiger partial charge in [0.2, 0.25) is 0 Å². The molecule has 1 atom stereocenters. The monoisotopic (exact) mass is 429 g/mol. The number of hydrogen-bond acceptors (Lipinski definition) is 3. The standard InChI is InChI=1S/C26H27N3O3/c1-5-18(3)32-23-13-11-21(12-14-23)28-17(2)15-20(19(28)4)16-24-25(30)27-29(26(24)31)22-9-7-6-8-10-22/h6-16,18H,5H2,1-4H3,(H,27,30)/b24-16-/t18-/m0/s1. The number of aryl methyl sites for hydroxylation is 1. The molecule has 1 N–H and O–H groups in total. The lowest BCUT2D eigenvalue weighted by molar-refractivity contribution is -0.117. The number of hydrogen-bond donors (Lipinski definition) is 1. The second-order valence-corrected chi connectivity index (χ2v) is 7.97. The Bertz CT molecular complexity index is 1180. The SMILES string of the molecule is CC[C@H](C)Oc1ccc(-n2c(C)cc(/C=C3/C(=O)NN(c4ccccc4)C3=O)c2C)cc1. The lowest BCUT2D eigenvalue weighted by Gasteiger charge is -2.14.